The van der Waals surface area contributed by atoms with Gasteiger partial charge in [-0.05, 0) is 43.0 Å². The molecule has 0 radical (unpaired) electrons. The Morgan fingerprint density at radius 3 is 2.96 bits per heavy atom. The molecule has 6 heteroatoms. The Hall–Kier alpha value is -2.34. The van der Waals surface area contributed by atoms with Crippen molar-refractivity contribution in [1.29, 1.82) is 0 Å². The van der Waals surface area contributed by atoms with E-state index in [0.29, 0.717) is 0 Å². The zero-order valence-electron chi connectivity index (χ0n) is 13.3. The Labute approximate surface area is 135 Å². The summed E-state index contributed by atoms with van der Waals surface area (Å²) in [4.78, 5) is 23.9. The fourth-order valence-electron chi connectivity index (χ4n) is 2.95. The molecule has 1 fully saturated rings. The van der Waals surface area contributed by atoms with E-state index in [0.717, 1.165) is 42.5 Å². The highest BCUT2D eigenvalue weighted by atomic mass is 16.2. The SMILES string of the molecule is CNC(=O)Cn1ccc2ccc(NC(=O)C3CCCNC3)cc21. The summed E-state index contributed by atoms with van der Waals surface area (Å²) in [6.45, 7) is 1.99. The van der Waals surface area contributed by atoms with Crippen LogP contribution >= 0.6 is 0 Å². The number of hydrogen-bond acceptors (Lipinski definition) is 3. The lowest BCUT2D eigenvalue weighted by molar-refractivity contribution is -0.121. The number of aromatic nitrogens is 1. The first-order valence-corrected chi connectivity index (χ1v) is 7.98. The molecule has 1 saturated heterocycles. The lowest BCUT2D eigenvalue weighted by atomic mass is 9.99. The zero-order valence-corrected chi connectivity index (χ0v) is 13.3. The molecule has 3 N–H and O–H groups in total. The third-order valence-electron chi connectivity index (χ3n) is 4.30. The lowest BCUT2D eigenvalue weighted by Gasteiger charge is -2.21. The predicted octanol–water partition coefficient (Wildman–Crippen LogP) is 1.33. The molecule has 3 rings (SSSR count). The summed E-state index contributed by atoms with van der Waals surface area (Å²) in [5.74, 6) is 0.0308. The number of amides is 2. The van der Waals surface area contributed by atoms with Crippen LogP contribution in [0.1, 0.15) is 12.8 Å². The monoisotopic (exact) mass is 314 g/mol. The number of nitrogens with one attached hydrogen (secondary N) is 3. The van der Waals surface area contributed by atoms with Crippen LogP contribution < -0.4 is 16.0 Å². The highest BCUT2D eigenvalue weighted by molar-refractivity contribution is 5.95. The highest BCUT2D eigenvalue weighted by Gasteiger charge is 2.21. The molecular formula is C17H22N4O2. The van der Waals surface area contributed by atoms with E-state index in [2.05, 4.69) is 16.0 Å². The number of anilines is 1. The van der Waals surface area contributed by atoms with Crippen LogP contribution in [0.3, 0.4) is 0 Å². The van der Waals surface area contributed by atoms with Crippen molar-refractivity contribution in [3.8, 4) is 0 Å². The van der Waals surface area contributed by atoms with Gasteiger partial charge in [-0.3, -0.25) is 9.59 Å². The fraction of sp³-hybridized carbons (Fsp3) is 0.412. The summed E-state index contributed by atoms with van der Waals surface area (Å²) in [5.41, 5.74) is 1.71. The largest absolute Gasteiger partial charge is 0.358 e. The van der Waals surface area contributed by atoms with Gasteiger partial charge in [0.25, 0.3) is 0 Å². The third-order valence-corrected chi connectivity index (χ3v) is 4.30. The summed E-state index contributed by atoms with van der Waals surface area (Å²) < 4.78 is 1.88. The number of hydrogen-bond donors (Lipinski definition) is 3. The molecule has 6 nitrogen and oxygen atoms in total. The fourth-order valence-corrected chi connectivity index (χ4v) is 2.95. The summed E-state index contributed by atoms with van der Waals surface area (Å²) in [6.07, 6.45) is 3.84. The highest BCUT2D eigenvalue weighted by Crippen LogP contribution is 2.22. The van der Waals surface area contributed by atoms with Crippen molar-refractivity contribution in [3.63, 3.8) is 0 Å². The molecule has 2 amide bonds. The number of likely N-dealkylation sites (N-methyl/N-ethyl adjacent to an activating group) is 1. The van der Waals surface area contributed by atoms with Gasteiger partial charge < -0.3 is 20.5 Å². The van der Waals surface area contributed by atoms with Crippen molar-refractivity contribution in [2.24, 2.45) is 5.92 Å². The van der Waals surface area contributed by atoms with Crippen molar-refractivity contribution in [2.75, 3.05) is 25.5 Å². The van der Waals surface area contributed by atoms with Gasteiger partial charge in [0.15, 0.2) is 0 Å². The summed E-state index contributed by atoms with van der Waals surface area (Å²) in [7, 11) is 1.62. The van der Waals surface area contributed by atoms with Gasteiger partial charge in [-0.15, -0.1) is 0 Å². The third kappa shape index (κ3) is 3.53. The Morgan fingerprint density at radius 2 is 2.22 bits per heavy atom. The van der Waals surface area contributed by atoms with Gasteiger partial charge in [0.2, 0.25) is 11.8 Å². The van der Waals surface area contributed by atoms with E-state index in [1.807, 2.05) is 35.0 Å². The van der Waals surface area contributed by atoms with Crippen LogP contribution in [-0.4, -0.2) is 36.5 Å². The van der Waals surface area contributed by atoms with Crippen LogP contribution in [0.25, 0.3) is 10.9 Å². The Balaban J connectivity index is 1.77. The minimum Gasteiger partial charge on any atom is -0.358 e. The Kier molecular flexibility index (Phi) is 4.62. The molecule has 2 aromatic rings. The minimum absolute atomic E-state index is 0.0251. The van der Waals surface area contributed by atoms with Crippen molar-refractivity contribution >= 4 is 28.4 Å². The van der Waals surface area contributed by atoms with Crippen LogP contribution in [0.15, 0.2) is 30.5 Å². The van der Waals surface area contributed by atoms with E-state index in [9.17, 15) is 9.59 Å². The number of carbonyl (C=O) groups is 2. The molecule has 122 valence electrons. The smallest absolute Gasteiger partial charge is 0.239 e. The van der Waals surface area contributed by atoms with Gasteiger partial charge in [0, 0.05) is 25.5 Å². The average Bonchev–Trinajstić information content (AvgIpc) is 2.98. The molecule has 0 saturated carbocycles. The number of piperidine rings is 1. The lowest BCUT2D eigenvalue weighted by Crippen LogP contribution is -2.37. The minimum atomic E-state index is -0.0507. The van der Waals surface area contributed by atoms with Crippen LogP contribution in [0.2, 0.25) is 0 Å². The standard InChI is InChI=1S/C17H22N4O2/c1-18-16(22)11-21-8-6-12-4-5-14(9-15(12)21)20-17(23)13-3-2-7-19-10-13/h4-6,8-9,13,19H,2-3,7,10-11H2,1H3,(H,18,22)(H,20,23). The quantitative estimate of drug-likeness (QED) is 0.797. The van der Waals surface area contributed by atoms with Gasteiger partial charge in [0.05, 0.1) is 11.4 Å². The van der Waals surface area contributed by atoms with Crippen molar-refractivity contribution in [2.45, 2.75) is 19.4 Å². The molecule has 1 aliphatic heterocycles. The maximum Gasteiger partial charge on any atom is 0.239 e. The summed E-state index contributed by atoms with van der Waals surface area (Å²) in [6, 6.07) is 7.76. The van der Waals surface area contributed by atoms with E-state index < -0.39 is 0 Å². The van der Waals surface area contributed by atoms with E-state index in [1.54, 1.807) is 7.05 Å². The second kappa shape index (κ2) is 6.83. The second-order valence-corrected chi connectivity index (χ2v) is 5.92. The number of nitrogens with zero attached hydrogens (tertiary/aromatic N) is 1. The molecular weight excluding hydrogens is 292 g/mol. The molecule has 1 aliphatic rings. The molecule has 1 aromatic carbocycles. The first-order valence-electron chi connectivity index (χ1n) is 7.98. The van der Waals surface area contributed by atoms with Crippen LogP contribution in [0.4, 0.5) is 5.69 Å². The van der Waals surface area contributed by atoms with Crippen molar-refractivity contribution in [1.82, 2.24) is 15.2 Å². The van der Waals surface area contributed by atoms with Gasteiger partial charge in [0.1, 0.15) is 6.54 Å². The second-order valence-electron chi connectivity index (χ2n) is 5.92. The van der Waals surface area contributed by atoms with Gasteiger partial charge in [-0.2, -0.15) is 0 Å². The molecule has 0 aliphatic carbocycles. The number of fused-ring (bicyclic) bond motifs is 1. The maximum atomic E-state index is 12.3. The molecule has 0 spiro atoms. The maximum absolute atomic E-state index is 12.3. The molecule has 1 atom stereocenters. The topological polar surface area (TPSA) is 75.2 Å². The Morgan fingerprint density at radius 1 is 1.35 bits per heavy atom. The number of carbonyl (C=O) groups excluding carboxylic acids is 2. The first kappa shape index (κ1) is 15.6. The zero-order chi connectivity index (χ0) is 16.2. The van der Waals surface area contributed by atoms with Gasteiger partial charge >= 0.3 is 0 Å². The molecule has 2 heterocycles. The molecule has 23 heavy (non-hydrogen) atoms. The van der Waals surface area contributed by atoms with E-state index in [4.69, 9.17) is 0 Å². The molecule has 1 unspecified atom stereocenters. The number of rotatable bonds is 4. The molecule has 1 aromatic heterocycles. The van der Waals surface area contributed by atoms with Gasteiger partial charge in [-0.25, -0.2) is 0 Å². The average molecular weight is 314 g/mol. The van der Waals surface area contributed by atoms with E-state index in [1.165, 1.54) is 0 Å². The van der Waals surface area contributed by atoms with Crippen LogP contribution in [0.5, 0.6) is 0 Å². The van der Waals surface area contributed by atoms with Gasteiger partial charge in [-0.1, -0.05) is 6.07 Å². The Bertz CT molecular complexity index is 716. The van der Waals surface area contributed by atoms with Crippen molar-refractivity contribution < 1.29 is 9.59 Å². The van der Waals surface area contributed by atoms with Crippen LogP contribution in [0, 0.1) is 5.92 Å². The molecule has 0 bridgehead atoms. The van der Waals surface area contributed by atoms with E-state index in [-0.39, 0.29) is 24.3 Å². The predicted molar refractivity (Wildman–Crippen MR) is 90.2 cm³/mol. The first-order chi connectivity index (χ1) is 11.2. The van der Waals surface area contributed by atoms with Crippen LogP contribution in [-0.2, 0) is 16.1 Å². The normalized spacial score (nSPS) is 17.9. The van der Waals surface area contributed by atoms with E-state index >= 15 is 0 Å². The van der Waals surface area contributed by atoms with Crippen molar-refractivity contribution in [3.05, 3.63) is 30.5 Å². The summed E-state index contributed by atoms with van der Waals surface area (Å²) >= 11 is 0. The number of benzene rings is 1. The summed E-state index contributed by atoms with van der Waals surface area (Å²) in [5, 5.41) is 9.92.